The van der Waals surface area contributed by atoms with Gasteiger partial charge in [0.25, 0.3) is 0 Å². The molecular weight excluding hydrogens is 439 g/mol. The number of allylic oxidation sites excluding steroid dienone is 1. The molecule has 0 aliphatic heterocycles. The van der Waals surface area contributed by atoms with Crippen LogP contribution >= 0.6 is 15.9 Å². The third-order valence-electron chi connectivity index (χ3n) is 3.23. The second kappa shape index (κ2) is 7.01. The number of phenols is 2. The number of rotatable bonds is 3. The number of phenolic OH excluding ortho intramolecular Hbond substituents is 2. The van der Waals surface area contributed by atoms with Gasteiger partial charge in [0, 0.05) is 0 Å². The molecule has 0 aliphatic rings. The summed E-state index contributed by atoms with van der Waals surface area (Å²) in [6.45, 7) is 0. The summed E-state index contributed by atoms with van der Waals surface area (Å²) in [5.41, 5.74) is -1.12. The van der Waals surface area contributed by atoms with Crippen molar-refractivity contribution >= 4 is 31.8 Å². The second-order valence-corrected chi connectivity index (χ2v) is 7.79. The van der Waals surface area contributed by atoms with Gasteiger partial charge in [0.05, 0.1) is 14.9 Å². The summed E-state index contributed by atoms with van der Waals surface area (Å²) in [6.07, 6.45) is -3.87. The lowest BCUT2D eigenvalue weighted by Crippen LogP contribution is -2.08. The van der Waals surface area contributed by atoms with Crippen molar-refractivity contribution in [3.63, 3.8) is 0 Å². The summed E-state index contributed by atoms with van der Waals surface area (Å²) < 4.78 is 63.4. The van der Waals surface area contributed by atoms with Gasteiger partial charge in [0.1, 0.15) is 11.0 Å². The molecule has 0 aromatic heterocycles. The molecular formula is C16H9BrF3NO4S. The summed E-state index contributed by atoms with van der Waals surface area (Å²) in [5.74, 6) is -1.05. The maximum absolute atomic E-state index is 12.8. The van der Waals surface area contributed by atoms with E-state index in [-0.39, 0.29) is 10.0 Å². The highest BCUT2D eigenvalue weighted by molar-refractivity contribution is 9.10. The van der Waals surface area contributed by atoms with Crippen molar-refractivity contribution in [2.75, 3.05) is 0 Å². The average Bonchev–Trinajstić information content (AvgIpc) is 2.56. The minimum Gasteiger partial charge on any atom is -0.504 e. The van der Waals surface area contributed by atoms with Crippen molar-refractivity contribution in [3.8, 4) is 17.6 Å². The van der Waals surface area contributed by atoms with Gasteiger partial charge in [-0.25, -0.2) is 8.42 Å². The minimum absolute atomic E-state index is 0.0394. The number of sulfone groups is 1. The minimum atomic E-state index is -4.74. The molecule has 0 atom stereocenters. The number of hydrogen-bond donors (Lipinski definition) is 2. The van der Waals surface area contributed by atoms with Crippen molar-refractivity contribution in [3.05, 3.63) is 56.9 Å². The molecule has 0 fully saturated rings. The van der Waals surface area contributed by atoms with Gasteiger partial charge >= 0.3 is 6.18 Å². The Morgan fingerprint density at radius 3 is 2.38 bits per heavy atom. The van der Waals surface area contributed by atoms with Gasteiger partial charge in [-0.3, -0.25) is 0 Å². The molecule has 10 heteroatoms. The van der Waals surface area contributed by atoms with Crippen LogP contribution in [-0.2, 0) is 16.0 Å². The number of alkyl halides is 3. The second-order valence-electron chi connectivity index (χ2n) is 5.02. The first-order valence-corrected chi connectivity index (χ1v) is 9.00. The summed E-state index contributed by atoms with van der Waals surface area (Å²) >= 11 is 2.94. The lowest BCUT2D eigenvalue weighted by atomic mass is 10.2. The van der Waals surface area contributed by atoms with Gasteiger partial charge in [-0.05, 0) is 57.9 Å². The fourth-order valence-corrected chi connectivity index (χ4v) is 3.65. The van der Waals surface area contributed by atoms with E-state index in [2.05, 4.69) is 15.9 Å². The molecule has 0 bridgehead atoms. The van der Waals surface area contributed by atoms with Crippen LogP contribution in [-0.4, -0.2) is 18.6 Å². The summed E-state index contributed by atoms with van der Waals surface area (Å²) in [4.78, 5) is -1.52. The number of hydrogen-bond acceptors (Lipinski definition) is 5. The Balaban J connectivity index is 2.58. The molecule has 0 amide bonds. The number of nitrogens with zero attached hydrogens (tertiary/aromatic N) is 1. The van der Waals surface area contributed by atoms with E-state index >= 15 is 0 Å². The highest BCUT2D eigenvalue weighted by Gasteiger charge is 2.32. The Kier molecular flexibility index (Phi) is 5.34. The molecule has 0 unspecified atom stereocenters. The smallest absolute Gasteiger partial charge is 0.416 e. The quantitative estimate of drug-likeness (QED) is 0.542. The molecule has 0 saturated heterocycles. The molecule has 2 N–H and O–H groups in total. The standard InChI is InChI=1S/C16H9BrF3NO4S/c17-13-5-9(6-14(22)15(13)23)4-12(8-21)26(24,25)11-3-1-2-10(7-11)16(18,19)20/h1-7,22-23H/b12-4-. The van der Waals surface area contributed by atoms with Crippen LogP contribution < -0.4 is 0 Å². The fraction of sp³-hybridized carbons (Fsp3) is 0.0625. The molecule has 0 aliphatic carbocycles. The van der Waals surface area contributed by atoms with E-state index in [0.29, 0.717) is 12.1 Å². The van der Waals surface area contributed by atoms with Crippen LogP contribution in [0.1, 0.15) is 11.1 Å². The predicted molar refractivity (Wildman–Crippen MR) is 89.7 cm³/mol. The first-order valence-electron chi connectivity index (χ1n) is 6.72. The van der Waals surface area contributed by atoms with Crippen LogP contribution in [0.4, 0.5) is 13.2 Å². The summed E-state index contributed by atoms with van der Waals surface area (Å²) in [6, 6.07) is 6.68. The number of nitriles is 1. The van der Waals surface area contributed by atoms with E-state index in [9.17, 15) is 31.8 Å². The monoisotopic (exact) mass is 447 g/mol. The molecule has 2 aromatic rings. The predicted octanol–water partition coefficient (Wildman–Crippen LogP) is 4.22. The Morgan fingerprint density at radius 1 is 1.19 bits per heavy atom. The Bertz CT molecular complexity index is 1020. The van der Waals surface area contributed by atoms with Gasteiger partial charge < -0.3 is 10.2 Å². The highest BCUT2D eigenvalue weighted by Crippen LogP contribution is 2.36. The molecule has 136 valence electrons. The SMILES string of the molecule is N#C/C(=C/c1cc(O)c(O)c(Br)c1)S(=O)(=O)c1cccc(C(F)(F)F)c1. The normalized spacial score (nSPS) is 12.7. The number of aromatic hydroxyl groups is 2. The average molecular weight is 448 g/mol. The molecule has 26 heavy (non-hydrogen) atoms. The molecule has 5 nitrogen and oxygen atoms in total. The van der Waals surface area contributed by atoms with Crippen LogP contribution in [0.25, 0.3) is 6.08 Å². The van der Waals surface area contributed by atoms with E-state index < -0.39 is 42.9 Å². The van der Waals surface area contributed by atoms with Crippen molar-refractivity contribution < 1.29 is 31.8 Å². The summed E-state index contributed by atoms with van der Waals surface area (Å²) in [5, 5.41) is 28.2. The van der Waals surface area contributed by atoms with Gasteiger partial charge in [0.15, 0.2) is 11.5 Å². The third kappa shape index (κ3) is 4.00. The zero-order chi connectivity index (χ0) is 19.7. The summed E-state index contributed by atoms with van der Waals surface area (Å²) in [7, 11) is -4.53. The topological polar surface area (TPSA) is 98.4 Å². The van der Waals surface area contributed by atoms with E-state index in [0.717, 1.165) is 24.3 Å². The first-order chi connectivity index (χ1) is 12.0. The zero-order valence-electron chi connectivity index (χ0n) is 12.6. The Morgan fingerprint density at radius 2 is 1.85 bits per heavy atom. The Hall–Kier alpha value is -2.51. The molecule has 0 spiro atoms. The molecule has 2 rings (SSSR count). The third-order valence-corrected chi connectivity index (χ3v) is 5.50. The first kappa shape index (κ1) is 19.8. The van der Waals surface area contributed by atoms with Crippen molar-refractivity contribution in [1.29, 1.82) is 5.26 Å². The van der Waals surface area contributed by atoms with Crippen LogP contribution in [0.15, 0.2) is 50.7 Å². The van der Waals surface area contributed by atoms with E-state index in [1.54, 1.807) is 0 Å². The van der Waals surface area contributed by atoms with Crippen LogP contribution in [0.3, 0.4) is 0 Å². The largest absolute Gasteiger partial charge is 0.504 e. The van der Waals surface area contributed by atoms with Crippen LogP contribution in [0, 0.1) is 11.3 Å². The lowest BCUT2D eigenvalue weighted by molar-refractivity contribution is -0.137. The highest BCUT2D eigenvalue weighted by atomic mass is 79.9. The lowest BCUT2D eigenvalue weighted by Gasteiger charge is -2.09. The molecule has 0 radical (unpaired) electrons. The van der Waals surface area contributed by atoms with E-state index in [1.807, 2.05) is 0 Å². The van der Waals surface area contributed by atoms with Crippen molar-refractivity contribution in [2.45, 2.75) is 11.1 Å². The molecule has 2 aromatic carbocycles. The van der Waals surface area contributed by atoms with Crippen LogP contribution in [0.5, 0.6) is 11.5 Å². The maximum Gasteiger partial charge on any atom is 0.416 e. The van der Waals surface area contributed by atoms with Crippen molar-refractivity contribution in [2.24, 2.45) is 0 Å². The van der Waals surface area contributed by atoms with Gasteiger partial charge in [-0.1, -0.05) is 6.07 Å². The van der Waals surface area contributed by atoms with E-state index in [1.165, 1.54) is 12.1 Å². The number of benzene rings is 2. The van der Waals surface area contributed by atoms with E-state index in [4.69, 9.17) is 5.26 Å². The van der Waals surface area contributed by atoms with Crippen LogP contribution in [0.2, 0.25) is 0 Å². The van der Waals surface area contributed by atoms with Crippen molar-refractivity contribution in [1.82, 2.24) is 0 Å². The fourth-order valence-electron chi connectivity index (χ4n) is 1.98. The maximum atomic E-state index is 12.8. The van der Waals surface area contributed by atoms with Gasteiger partial charge in [-0.15, -0.1) is 0 Å². The van der Waals surface area contributed by atoms with Gasteiger partial charge in [0.2, 0.25) is 9.84 Å². The molecule has 0 saturated carbocycles. The molecule has 0 heterocycles. The van der Waals surface area contributed by atoms with Gasteiger partial charge in [-0.2, -0.15) is 18.4 Å². The zero-order valence-corrected chi connectivity index (χ0v) is 15.0. The Labute approximate surface area is 154 Å². The number of halogens is 4.